The van der Waals surface area contributed by atoms with E-state index < -0.39 is 0 Å². The summed E-state index contributed by atoms with van der Waals surface area (Å²) in [5, 5.41) is 8.63. The van der Waals surface area contributed by atoms with Crippen LogP contribution >= 0.6 is 31.9 Å². The number of aliphatic hydroxyl groups excluding tert-OH is 1. The van der Waals surface area contributed by atoms with E-state index in [2.05, 4.69) is 31.9 Å². The first-order chi connectivity index (χ1) is 7.75. The van der Waals surface area contributed by atoms with E-state index in [1.54, 1.807) is 0 Å². The topological polar surface area (TPSA) is 29.5 Å². The molecule has 0 heterocycles. The molecule has 0 aromatic heterocycles. The Morgan fingerprint density at radius 3 is 2.25 bits per heavy atom. The fourth-order valence-corrected chi connectivity index (χ4v) is 2.59. The van der Waals surface area contributed by atoms with Crippen LogP contribution in [0.15, 0.2) is 27.1 Å². The number of hydrogen-bond acceptors (Lipinski definition) is 2. The lowest BCUT2D eigenvalue weighted by atomic mass is 10.2. The van der Waals surface area contributed by atoms with E-state index >= 15 is 0 Å². The molecule has 0 saturated heterocycles. The Hall–Kier alpha value is -0.0600. The third-order valence-electron chi connectivity index (χ3n) is 2.22. The summed E-state index contributed by atoms with van der Waals surface area (Å²) in [6.07, 6.45) is 4.08. The number of unbranched alkanes of at least 4 members (excludes halogenated alkanes) is 3. The van der Waals surface area contributed by atoms with E-state index in [1.807, 2.05) is 18.2 Å². The van der Waals surface area contributed by atoms with Crippen molar-refractivity contribution < 1.29 is 9.84 Å². The third kappa shape index (κ3) is 4.85. The molecule has 1 rings (SSSR count). The lowest BCUT2D eigenvalue weighted by Crippen LogP contribution is -1.99. The zero-order valence-corrected chi connectivity index (χ0v) is 12.3. The van der Waals surface area contributed by atoms with Gasteiger partial charge in [0.1, 0.15) is 5.75 Å². The van der Waals surface area contributed by atoms with E-state index in [1.165, 1.54) is 0 Å². The summed E-state index contributed by atoms with van der Waals surface area (Å²) >= 11 is 6.91. The van der Waals surface area contributed by atoms with Crippen molar-refractivity contribution in [3.63, 3.8) is 0 Å². The molecule has 1 aromatic rings. The zero-order chi connectivity index (χ0) is 11.8. The second kappa shape index (κ2) is 8.09. The maximum atomic E-state index is 8.63. The number of rotatable bonds is 7. The van der Waals surface area contributed by atoms with Gasteiger partial charge in [0.05, 0.1) is 15.6 Å². The molecule has 0 saturated carbocycles. The van der Waals surface area contributed by atoms with Crippen LogP contribution in [0.2, 0.25) is 0 Å². The van der Waals surface area contributed by atoms with Crippen LogP contribution in [0.1, 0.15) is 25.7 Å². The molecule has 16 heavy (non-hydrogen) atoms. The molecular formula is C12H16Br2O2. The number of ether oxygens (including phenoxy) is 1. The summed E-state index contributed by atoms with van der Waals surface area (Å²) in [6.45, 7) is 1.00. The minimum absolute atomic E-state index is 0.288. The predicted molar refractivity (Wildman–Crippen MR) is 72.9 cm³/mol. The molecular weight excluding hydrogens is 336 g/mol. The van der Waals surface area contributed by atoms with Crippen LogP contribution in [0.3, 0.4) is 0 Å². The lowest BCUT2D eigenvalue weighted by molar-refractivity contribution is 0.272. The second-order valence-electron chi connectivity index (χ2n) is 3.54. The monoisotopic (exact) mass is 350 g/mol. The van der Waals surface area contributed by atoms with E-state index in [-0.39, 0.29) is 6.61 Å². The molecule has 1 aromatic carbocycles. The van der Waals surface area contributed by atoms with Crippen molar-refractivity contribution in [3.05, 3.63) is 27.1 Å². The molecule has 0 spiro atoms. The van der Waals surface area contributed by atoms with Crippen LogP contribution in [-0.4, -0.2) is 18.3 Å². The highest BCUT2D eigenvalue weighted by Crippen LogP contribution is 2.33. The van der Waals surface area contributed by atoms with Gasteiger partial charge in [-0.25, -0.2) is 0 Å². The van der Waals surface area contributed by atoms with Crippen LogP contribution in [0.5, 0.6) is 5.75 Å². The first kappa shape index (κ1) is 14.0. The van der Waals surface area contributed by atoms with Crippen LogP contribution in [-0.2, 0) is 0 Å². The molecule has 0 amide bonds. The van der Waals surface area contributed by atoms with E-state index in [0.717, 1.165) is 40.4 Å². The Morgan fingerprint density at radius 1 is 1.00 bits per heavy atom. The van der Waals surface area contributed by atoms with Gasteiger partial charge in [-0.1, -0.05) is 12.5 Å². The van der Waals surface area contributed by atoms with Crippen molar-refractivity contribution in [2.45, 2.75) is 25.7 Å². The normalized spacial score (nSPS) is 10.4. The summed E-state index contributed by atoms with van der Waals surface area (Å²) in [5.74, 6) is 0.865. The molecule has 0 aliphatic carbocycles. The van der Waals surface area contributed by atoms with Crippen LogP contribution in [0.4, 0.5) is 0 Å². The van der Waals surface area contributed by atoms with Gasteiger partial charge >= 0.3 is 0 Å². The average Bonchev–Trinajstić information content (AvgIpc) is 2.26. The van der Waals surface area contributed by atoms with Gasteiger partial charge in [0.15, 0.2) is 0 Å². The smallest absolute Gasteiger partial charge is 0.147 e. The summed E-state index contributed by atoms with van der Waals surface area (Å²) < 4.78 is 7.63. The van der Waals surface area contributed by atoms with Gasteiger partial charge in [0.2, 0.25) is 0 Å². The Kier molecular flexibility index (Phi) is 7.08. The van der Waals surface area contributed by atoms with Crippen LogP contribution < -0.4 is 4.74 Å². The van der Waals surface area contributed by atoms with Gasteiger partial charge in [-0.2, -0.15) is 0 Å². The summed E-state index contributed by atoms with van der Waals surface area (Å²) in [7, 11) is 0. The van der Waals surface area contributed by atoms with Gasteiger partial charge in [-0.15, -0.1) is 0 Å². The average molecular weight is 352 g/mol. The molecule has 0 aliphatic rings. The van der Waals surface area contributed by atoms with Crippen molar-refractivity contribution in [1.29, 1.82) is 0 Å². The summed E-state index contributed by atoms with van der Waals surface area (Å²) in [4.78, 5) is 0. The Morgan fingerprint density at radius 2 is 1.62 bits per heavy atom. The molecule has 0 atom stereocenters. The molecule has 1 N–H and O–H groups in total. The van der Waals surface area contributed by atoms with E-state index in [0.29, 0.717) is 6.61 Å². The minimum Gasteiger partial charge on any atom is -0.491 e. The van der Waals surface area contributed by atoms with Gasteiger partial charge in [0, 0.05) is 6.61 Å². The molecule has 0 fully saturated rings. The third-order valence-corrected chi connectivity index (χ3v) is 3.47. The van der Waals surface area contributed by atoms with Crippen molar-refractivity contribution in [3.8, 4) is 5.75 Å². The fraction of sp³-hybridized carbons (Fsp3) is 0.500. The molecule has 0 aliphatic heterocycles. The van der Waals surface area contributed by atoms with Crippen molar-refractivity contribution >= 4 is 31.9 Å². The summed E-state index contributed by atoms with van der Waals surface area (Å²) in [5.41, 5.74) is 0. The van der Waals surface area contributed by atoms with Gasteiger partial charge < -0.3 is 9.84 Å². The van der Waals surface area contributed by atoms with Crippen LogP contribution in [0, 0.1) is 0 Å². The van der Waals surface area contributed by atoms with E-state index in [9.17, 15) is 0 Å². The highest BCUT2D eigenvalue weighted by atomic mass is 79.9. The minimum atomic E-state index is 0.288. The Balaban J connectivity index is 2.26. The summed E-state index contributed by atoms with van der Waals surface area (Å²) in [6, 6.07) is 5.89. The highest BCUT2D eigenvalue weighted by Gasteiger charge is 2.04. The van der Waals surface area contributed by atoms with Crippen molar-refractivity contribution in [2.75, 3.05) is 13.2 Å². The lowest BCUT2D eigenvalue weighted by Gasteiger charge is -2.09. The second-order valence-corrected chi connectivity index (χ2v) is 5.25. The number of halogens is 2. The molecule has 0 radical (unpaired) electrons. The van der Waals surface area contributed by atoms with E-state index in [4.69, 9.17) is 9.84 Å². The van der Waals surface area contributed by atoms with Crippen LogP contribution in [0.25, 0.3) is 0 Å². The number of hydrogen-bond donors (Lipinski definition) is 1. The Labute approximate surface area is 113 Å². The predicted octanol–water partition coefficient (Wildman–Crippen LogP) is 4.14. The maximum absolute atomic E-state index is 8.63. The largest absolute Gasteiger partial charge is 0.491 e. The SMILES string of the molecule is OCCCCCCOc1c(Br)cccc1Br. The standard InChI is InChI=1S/C12H16Br2O2/c13-10-6-5-7-11(14)12(10)16-9-4-2-1-3-8-15/h5-7,15H,1-4,8-9H2. The molecule has 4 heteroatoms. The van der Waals surface area contributed by atoms with Crippen molar-refractivity contribution in [2.24, 2.45) is 0 Å². The number of aliphatic hydroxyl groups is 1. The maximum Gasteiger partial charge on any atom is 0.147 e. The molecule has 0 unspecified atom stereocenters. The van der Waals surface area contributed by atoms with Crippen molar-refractivity contribution in [1.82, 2.24) is 0 Å². The van der Waals surface area contributed by atoms with Gasteiger partial charge in [0.25, 0.3) is 0 Å². The zero-order valence-electron chi connectivity index (χ0n) is 9.09. The molecule has 90 valence electrons. The highest BCUT2D eigenvalue weighted by molar-refractivity contribution is 9.11. The first-order valence-electron chi connectivity index (χ1n) is 5.43. The first-order valence-corrected chi connectivity index (χ1v) is 7.02. The Bertz CT molecular complexity index is 296. The quantitative estimate of drug-likeness (QED) is 0.748. The van der Waals surface area contributed by atoms with Gasteiger partial charge in [-0.3, -0.25) is 0 Å². The molecule has 0 bridgehead atoms. The fourth-order valence-electron chi connectivity index (χ4n) is 1.36. The number of benzene rings is 1. The molecule has 2 nitrogen and oxygen atoms in total. The van der Waals surface area contributed by atoms with Gasteiger partial charge in [-0.05, 0) is 63.3 Å². The number of para-hydroxylation sites is 1.